The van der Waals surface area contributed by atoms with Gasteiger partial charge >= 0.3 is 6.03 Å². The summed E-state index contributed by atoms with van der Waals surface area (Å²) in [5, 5.41) is 5.59. The van der Waals surface area contributed by atoms with Crippen molar-refractivity contribution in [2.24, 2.45) is 0 Å². The molecule has 2 saturated heterocycles. The van der Waals surface area contributed by atoms with E-state index in [0.717, 1.165) is 24.2 Å². The first-order valence-electron chi connectivity index (χ1n) is 9.95. The number of imide groups is 1. The van der Waals surface area contributed by atoms with Gasteiger partial charge in [0.25, 0.3) is 5.91 Å². The molecule has 2 N–H and O–H groups in total. The van der Waals surface area contributed by atoms with Crippen molar-refractivity contribution in [3.63, 3.8) is 0 Å². The fourth-order valence-electron chi connectivity index (χ4n) is 3.79. The van der Waals surface area contributed by atoms with Crippen LogP contribution in [0.3, 0.4) is 0 Å². The molecule has 2 aliphatic rings. The summed E-state index contributed by atoms with van der Waals surface area (Å²) in [6.45, 7) is 4.85. The van der Waals surface area contributed by atoms with Gasteiger partial charge in [0.15, 0.2) is 0 Å². The Kier molecular flexibility index (Phi) is 6.42. The minimum absolute atomic E-state index is 0.0182. The lowest BCUT2D eigenvalue weighted by Gasteiger charge is -2.35. The van der Waals surface area contributed by atoms with Crippen LogP contribution in [0.5, 0.6) is 5.75 Å². The molecule has 0 spiro atoms. The molecule has 0 radical (unpaired) electrons. The number of nitrogens with zero attached hydrogens (tertiary/aromatic N) is 1. The normalized spacial score (nSPS) is 23.6. The number of hydrogen-bond donors (Lipinski definition) is 2. The molecule has 29 heavy (non-hydrogen) atoms. The molecular weight excluding hydrogens is 374 g/mol. The highest BCUT2D eigenvalue weighted by Crippen LogP contribution is 2.24. The number of carbonyl (C=O) groups is 3. The Labute approximate surface area is 170 Å². The Morgan fingerprint density at radius 1 is 1.31 bits per heavy atom. The van der Waals surface area contributed by atoms with Crippen LogP contribution in [-0.4, -0.2) is 60.7 Å². The van der Waals surface area contributed by atoms with Crippen molar-refractivity contribution in [2.75, 3.05) is 20.3 Å². The van der Waals surface area contributed by atoms with E-state index in [0.29, 0.717) is 13.0 Å². The minimum Gasteiger partial charge on any atom is -0.497 e. The molecule has 2 fully saturated rings. The Morgan fingerprint density at radius 3 is 2.69 bits per heavy atom. The average Bonchev–Trinajstić information content (AvgIpc) is 2.92. The number of ether oxygens (including phenoxy) is 2. The van der Waals surface area contributed by atoms with Crippen molar-refractivity contribution in [3.05, 3.63) is 29.8 Å². The van der Waals surface area contributed by atoms with Crippen LogP contribution >= 0.6 is 0 Å². The molecule has 0 unspecified atom stereocenters. The van der Waals surface area contributed by atoms with Gasteiger partial charge in [0, 0.05) is 19.2 Å². The van der Waals surface area contributed by atoms with E-state index in [1.165, 1.54) is 4.90 Å². The molecule has 4 amide bonds. The van der Waals surface area contributed by atoms with Gasteiger partial charge in [0.2, 0.25) is 5.91 Å². The number of carbonyl (C=O) groups excluding carboxylic acids is 3. The van der Waals surface area contributed by atoms with Crippen LogP contribution in [-0.2, 0) is 20.7 Å². The highest BCUT2D eigenvalue weighted by molar-refractivity contribution is 6.05. The third-order valence-corrected chi connectivity index (χ3v) is 5.34. The third-order valence-electron chi connectivity index (χ3n) is 5.34. The van der Waals surface area contributed by atoms with Gasteiger partial charge in [-0.15, -0.1) is 0 Å². The highest BCUT2D eigenvalue weighted by Gasteiger charge is 2.39. The van der Waals surface area contributed by atoms with Crippen LogP contribution in [0, 0.1) is 0 Å². The van der Waals surface area contributed by atoms with Crippen molar-refractivity contribution in [1.29, 1.82) is 0 Å². The average molecular weight is 403 g/mol. The molecule has 8 heteroatoms. The molecule has 2 aliphatic heterocycles. The van der Waals surface area contributed by atoms with E-state index in [-0.39, 0.29) is 36.4 Å². The maximum atomic E-state index is 12.6. The van der Waals surface area contributed by atoms with E-state index in [4.69, 9.17) is 9.47 Å². The van der Waals surface area contributed by atoms with E-state index in [1.807, 2.05) is 38.1 Å². The van der Waals surface area contributed by atoms with E-state index in [2.05, 4.69) is 10.6 Å². The fraction of sp³-hybridized carbons (Fsp3) is 0.571. The second kappa shape index (κ2) is 8.82. The van der Waals surface area contributed by atoms with Gasteiger partial charge < -0.3 is 20.1 Å². The topological polar surface area (TPSA) is 97.0 Å². The van der Waals surface area contributed by atoms with E-state index in [1.54, 1.807) is 7.11 Å². The first-order valence-corrected chi connectivity index (χ1v) is 9.95. The molecule has 0 bridgehead atoms. The molecule has 8 nitrogen and oxygen atoms in total. The molecule has 2 heterocycles. The summed E-state index contributed by atoms with van der Waals surface area (Å²) in [5.41, 5.74) is 0.723. The third kappa shape index (κ3) is 5.47. The van der Waals surface area contributed by atoms with Crippen molar-refractivity contribution < 1.29 is 23.9 Å². The Hall–Kier alpha value is -2.61. The van der Waals surface area contributed by atoms with Gasteiger partial charge in [-0.25, -0.2) is 4.79 Å². The lowest BCUT2D eigenvalue weighted by molar-refractivity contribution is -0.131. The van der Waals surface area contributed by atoms with Crippen molar-refractivity contribution in [3.8, 4) is 5.75 Å². The van der Waals surface area contributed by atoms with E-state index >= 15 is 0 Å². The van der Waals surface area contributed by atoms with Gasteiger partial charge in [-0.3, -0.25) is 14.5 Å². The molecule has 158 valence electrons. The summed E-state index contributed by atoms with van der Waals surface area (Å²) in [5.74, 6) is 0.164. The zero-order chi connectivity index (χ0) is 21.0. The predicted molar refractivity (Wildman–Crippen MR) is 107 cm³/mol. The van der Waals surface area contributed by atoms with Crippen molar-refractivity contribution >= 4 is 17.8 Å². The molecule has 0 saturated carbocycles. The van der Waals surface area contributed by atoms with Crippen LogP contribution in [0.4, 0.5) is 4.79 Å². The number of hydrogen-bond acceptors (Lipinski definition) is 5. The lowest BCUT2D eigenvalue weighted by Crippen LogP contribution is -2.47. The summed E-state index contributed by atoms with van der Waals surface area (Å²) < 4.78 is 10.8. The fourth-order valence-corrected chi connectivity index (χ4v) is 3.79. The Bertz CT molecular complexity index is 762. The largest absolute Gasteiger partial charge is 0.497 e. The quantitative estimate of drug-likeness (QED) is 0.675. The van der Waals surface area contributed by atoms with E-state index < -0.39 is 12.1 Å². The Balaban J connectivity index is 1.49. The van der Waals surface area contributed by atoms with E-state index in [9.17, 15) is 14.4 Å². The number of methoxy groups -OCH3 is 1. The Morgan fingerprint density at radius 2 is 2.03 bits per heavy atom. The SMILES string of the molecule is COc1ccc(CCN2C(=O)N[C@@H](CC(=O)N[C@H]3CCOC(C)(C)C3)C2=O)cc1. The summed E-state index contributed by atoms with van der Waals surface area (Å²) in [6, 6.07) is 6.23. The molecule has 2 atom stereocenters. The zero-order valence-corrected chi connectivity index (χ0v) is 17.2. The van der Waals surface area contributed by atoms with Crippen LogP contribution < -0.4 is 15.4 Å². The molecule has 0 aromatic heterocycles. The van der Waals surface area contributed by atoms with Crippen molar-refractivity contribution in [1.82, 2.24) is 15.5 Å². The van der Waals surface area contributed by atoms with Gasteiger partial charge in [-0.1, -0.05) is 12.1 Å². The first kappa shape index (κ1) is 21.1. The number of nitrogens with one attached hydrogen (secondary N) is 2. The molecule has 3 rings (SSSR count). The van der Waals surface area contributed by atoms with Crippen LogP contribution in [0.25, 0.3) is 0 Å². The summed E-state index contributed by atoms with van der Waals surface area (Å²) in [4.78, 5) is 38.4. The first-order chi connectivity index (χ1) is 13.8. The predicted octanol–water partition coefficient (Wildman–Crippen LogP) is 1.62. The second-order valence-corrected chi connectivity index (χ2v) is 8.16. The molecule has 1 aromatic carbocycles. The number of urea groups is 1. The van der Waals surface area contributed by atoms with Crippen LogP contribution in [0.15, 0.2) is 24.3 Å². The second-order valence-electron chi connectivity index (χ2n) is 8.16. The standard InChI is InChI=1S/C21H29N3O5/c1-21(2)13-15(9-11-29-21)22-18(25)12-17-19(26)24(20(27)23-17)10-8-14-4-6-16(28-3)7-5-14/h4-7,15,17H,8-13H2,1-3H3,(H,22,25)(H,23,27)/t15-,17-/m0/s1. The zero-order valence-electron chi connectivity index (χ0n) is 17.2. The van der Waals surface area contributed by atoms with Crippen LogP contribution in [0.2, 0.25) is 0 Å². The molecule has 0 aliphatic carbocycles. The highest BCUT2D eigenvalue weighted by atomic mass is 16.5. The molecule has 1 aromatic rings. The number of rotatable bonds is 7. The summed E-state index contributed by atoms with van der Waals surface area (Å²) in [6.07, 6.45) is 1.95. The maximum Gasteiger partial charge on any atom is 0.324 e. The van der Waals surface area contributed by atoms with Crippen LogP contribution in [0.1, 0.15) is 38.7 Å². The lowest BCUT2D eigenvalue weighted by atomic mass is 9.94. The number of benzene rings is 1. The van der Waals surface area contributed by atoms with Gasteiger partial charge in [-0.2, -0.15) is 0 Å². The summed E-state index contributed by atoms with van der Waals surface area (Å²) in [7, 11) is 1.60. The van der Waals surface area contributed by atoms with Gasteiger partial charge in [0.05, 0.1) is 19.1 Å². The molecular formula is C21H29N3O5. The smallest absolute Gasteiger partial charge is 0.324 e. The van der Waals surface area contributed by atoms with Gasteiger partial charge in [0.1, 0.15) is 11.8 Å². The summed E-state index contributed by atoms with van der Waals surface area (Å²) >= 11 is 0. The minimum atomic E-state index is -0.814. The maximum absolute atomic E-state index is 12.6. The van der Waals surface area contributed by atoms with Crippen molar-refractivity contribution in [2.45, 2.75) is 57.2 Å². The number of amides is 4. The monoisotopic (exact) mass is 403 g/mol. The van der Waals surface area contributed by atoms with Gasteiger partial charge in [-0.05, 0) is 50.8 Å².